The van der Waals surface area contributed by atoms with Crippen molar-refractivity contribution in [2.75, 3.05) is 26.8 Å². The Kier molecular flexibility index (Phi) is 8.58. The van der Waals surface area contributed by atoms with E-state index in [1.165, 1.54) is 4.31 Å². The summed E-state index contributed by atoms with van der Waals surface area (Å²) < 4.78 is 33.4. The van der Waals surface area contributed by atoms with E-state index in [1.807, 2.05) is 50.2 Å². The number of hydrogen-bond donors (Lipinski definition) is 1. The van der Waals surface area contributed by atoms with Crippen molar-refractivity contribution >= 4 is 15.9 Å². The summed E-state index contributed by atoms with van der Waals surface area (Å²) in [4.78, 5) is 12.8. The number of carbonyl (C=O) groups is 1. The molecule has 0 unspecified atom stereocenters. The summed E-state index contributed by atoms with van der Waals surface area (Å²) in [5, 5.41) is 2.78. The zero-order chi connectivity index (χ0) is 22.3. The molecule has 0 aliphatic carbocycles. The van der Waals surface area contributed by atoms with Crippen LogP contribution in [0.15, 0.2) is 41.3 Å². The standard InChI is InChI=1S/C23H32N2O4S/c1-17-7-9-21(10-8-17)15-25(16-22(26)24-11-6-12-29-5)30(27,28)23-19(3)13-18(2)14-20(23)4/h7-10,13-14H,6,11-12,15-16H2,1-5H3,(H,24,26). The van der Waals surface area contributed by atoms with Crippen LogP contribution in [0.3, 0.4) is 0 Å². The lowest BCUT2D eigenvalue weighted by molar-refractivity contribution is -0.121. The minimum absolute atomic E-state index is 0.126. The Morgan fingerprint density at radius 2 is 1.60 bits per heavy atom. The lowest BCUT2D eigenvalue weighted by atomic mass is 10.1. The zero-order valence-corrected chi connectivity index (χ0v) is 19.3. The maximum atomic E-state index is 13.6. The van der Waals surface area contributed by atoms with Crippen molar-refractivity contribution in [2.24, 2.45) is 0 Å². The first-order valence-electron chi connectivity index (χ1n) is 10.0. The van der Waals surface area contributed by atoms with E-state index >= 15 is 0 Å². The maximum Gasteiger partial charge on any atom is 0.244 e. The van der Waals surface area contributed by atoms with Gasteiger partial charge in [-0.3, -0.25) is 4.79 Å². The predicted octanol–water partition coefficient (Wildman–Crippen LogP) is 3.26. The highest BCUT2D eigenvalue weighted by atomic mass is 32.2. The average Bonchev–Trinajstić information content (AvgIpc) is 2.65. The lowest BCUT2D eigenvalue weighted by Gasteiger charge is -2.24. The van der Waals surface area contributed by atoms with Crippen LogP contribution in [0.5, 0.6) is 0 Å². The molecule has 0 aromatic heterocycles. The van der Waals surface area contributed by atoms with Crippen LogP contribution < -0.4 is 5.32 Å². The fourth-order valence-electron chi connectivity index (χ4n) is 3.49. The fraction of sp³-hybridized carbons (Fsp3) is 0.435. The molecule has 0 saturated heterocycles. The van der Waals surface area contributed by atoms with Crippen LogP contribution in [0.1, 0.15) is 34.2 Å². The largest absolute Gasteiger partial charge is 0.385 e. The minimum atomic E-state index is -3.87. The van der Waals surface area contributed by atoms with Crippen molar-refractivity contribution in [2.45, 2.75) is 45.6 Å². The first kappa shape index (κ1) is 24.1. The van der Waals surface area contributed by atoms with Gasteiger partial charge < -0.3 is 10.1 Å². The van der Waals surface area contributed by atoms with Gasteiger partial charge in [0.15, 0.2) is 0 Å². The van der Waals surface area contributed by atoms with Crippen molar-refractivity contribution < 1.29 is 17.9 Å². The van der Waals surface area contributed by atoms with Gasteiger partial charge in [-0.25, -0.2) is 8.42 Å². The quantitative estimate of drug-likeness (QED) is 0.585. The smallest absolute Gasteiger partial charge is 0.244 e. The van der Waals surface area contributed by atoms with E-state index in [0.29, 0.717) is 30.7 Å². The normalized spacial score (nSPS) is 11.7. The van der Waals surface area contributed by atoms with Crippen molar-refractivity contribution in [1.29, 1.82) is 0 Å². The number of aryl methyl sites for hydroxylation is 4. The number of rotatable bonds is 10. The summed E-state index contributed by atoms with van der Waals surface area (Å²) >= 11 is 0. The number of ether oxygens (including phenoxy) is 1. The van der Waals surface area contributed by atoms with Gasteiger partial charge in [-0.05, 0) is 50.8 Å². The van der Waals surface area contributed by atoms with E-state index in [0.717, 1.165) is 16.7 Å². The molecule has 2 aromatic carbocycles. The molecular formula is C23H32N2O4S. The molecule has 0 spiro atoms. The van der Waals surface area contributed by atoms with Gasteiger partial charge in [0.05, 0.1) is 11.4 Å². The maximum absolute atomic E-state index is 13.6. The molecule has 2 rings (SSSR count). The van der Waals surface area contributed by atoms with E-state index < -0.39 is 10.0 Å². The molecule has 7 heteroatoms. The monoisotopic (exact) mass is 432 g/mol. The molecule has 0 atom stereocenters. The van der Waals surface area contributed by atoms with Crippen LogP contribution in [0, 0.1) is 27.7 Å². The highest BCUT2D eigenvalue weighted by molar-refractivity contribution is 7.89. The van der Waals surface area contributed by atoms with E-state index in [2.05, 4.69) is 5.32 Å². The minimum Gasteiger partial charge on any atom is -0.385 e. The molecule has 2 aromatic rings. The van der Waals surface area contributed by atoms with E-state index in [9.17, 15) is 13.2 Å². The summed E-state index contributed by atoms with van der Waals surface area (Å²) in [6, 6.07) is 11.4. The number of hydrogen-bond acceptors (Lipinski definition) is 4. The Balaban J connectivity index is 2.34. The van der Waals surface area contributed by atoms with Crippen molar-refractivity contribution in [3.8, 4) is 0 Å². The Hall–Kier alpha value is -2.22. The molecule has 164 valence electrons. The van der Waals surface area contributed by atoms with Gasteiger partial charge in [0, 0.05) is 26.8 Å². The SMILES string of the molecule is COCCCNC(=O)CN(Cc1ccc(C)cc1)S(=O)(=O)c1c(C)cc(C)cc1C. The van der Waals surface area contributed by atoms with Gasteiger partial charge in [-0.1, -0.05) is 47.5 Å². The molecule has 0 bridgehead atoms. The highest BCUT2D eigenvalue weighted by Gasteiger charge is 2.29. The number of methoxy groups -OCH3 is 1. The number of nitrogens with one attached hydrogen (secondary N) is 1. The average molecular weight is 433 g/mol. The number of carbonyl (C=O) groups excluding carboxylic acids is 1. The summed E-state index contributed by atoms with van der Waals surface area (Å²) in [6.45, 7) is 8.36. The van der Waals surface area contributed by atoms with Gasteiger partial charge in [0.1, 0.15) is 0 Å². The van der Waals surface area contributed by atoms with Gasteiger partial charge >= 0.3 is 0 Å². The number of benzene rings is 2. The molecule has 0 heterocycles. The second kappa shape index (κ2) is 10.7. The Morgan fingerprint density at radius 1 is 1.00 bits per heavy atom. The molecule has 6 nitrogen and oxygen atoms in total. The fourth-order valence-corrected chi connectivity index (χ4v) is 5.28. The molecule has 0 saturated carbocycles. The van der Waals surface area contributed by atoms with E-state index in [1.54, 1.807) is 21.0 Å². The molecule has 0 fully saturated rings. The van der Waals surface area contributed by atoms with Crippen LogP contribution in [0.25, 0.3) is 0 Å². The van der Waals surface area contributed by atoms with Crippen LogP contribution in [-0.2, 0) is 26.1 Å². The molecule has 30 heavy (non-hydrogen) atoms. The first-order chi connectivity index (χ1) is 14.1. The Bertz CT molecular complexity index is 946. The topological polar surface area (TPSA) is 75.7 Å². The number of sulfonamides is 1. The zero-order valence-electron chi connectivity index (χ0n) is 18.5. The van der Waals surface area contributed by atoms with Gasteiger partial charge in [-0.2, -0.15) is 4.31 Å². The van der Waals surface area contributed by atoms with Gasteiger partial charge in [0.2, 0.25) is 15.9 Å². The van der Waals surface area contributed by atoms with Crippen molar-refractivity contribution in [3.63, 3.8) is 0 Å². The Morgan fingerprint density at radius 3 is 2.17 bits per heavy atom. The third kappa shape index (κ3) is 6.39. The number of amides is 1. The molecule has 0 aliphatic rings. The van der Waals surface area contributed by atoms with Crippen molar-refractivity contribution in [1.82, 2.24) is 9.62 Å². The molecule has 1 N–H and O–H groups in total. The van der Waals surface area contributed by atoms with Crippen LogP contribution >= 0.6 is 0 Å². The summed E-state index contributed by atoms with van der Waals surface area (Å²) in [6.07, 6.45) is 0.670. The third-order valence-electron chi connectivity index (χ3n) is 4.85. The second-order valence-electron chi connectivity index (χ2n) is 7.68. The van der Waals surface area contributed by atoms with Crippen molar-refractivity contribution in [3.05, 3.63) is 64.2 Å². The third-order valence-corrected chi connectivity index (χ3v) is 6.95. The van der Waals surface area contributed by atoms with Crippen LogP contribution in [0.4, 0.5) is 0 Å². The summed E-state index contributed by atoms with van der Waals surface area (Å²) in [7, 11) is -2.27. The van der Waals surface area contributed by atoms with E-state index in [4.69, 9.17) is 4.74 Å². The molecular weight excluding hydrogens is 400 g/mol. The summed E-state index contributed by atoms with van der Waals surface area (Å²) in [5.41, 5.74) is 4.29. The van der Waals surface area contributed by atoms with Gasteiger partial charge in [-0.15, -0.1) is 0 Å². The second-order valence-corrected chi connectivity index (χ2v) is 9.56. The van der Waals surface area contributed by atoms with Crippen LogP contribution in [-0.4, -0.2) is 45.4 Å². The van der Waals surface area contributed by atoms with E-state index in [-0.39, 0.29) is 23.9 Å². The molecule has 1 amide bonds. The first-order valence-corrected chi connectivity index (χ1v) is 11.5. The predicted molar refractivity (Wildman–Crippen MR) is 119 cm³/mol. The number of nitrogens with zero attached hydrogens (tertiary/aromatic N) is 1. The summed E-state index contributed by atoms with van der Waals surface area (Å²) in [5.74, 6) is -0.329. The Labute approximate surface area is 180 Å². The van der Waals surface area contributed by atoms with Gasteiger partial charge in [0.25, 0.3) is 0 Å². The highest BCUT2D eigenvalue weighted by Crippen LogP contribution is 2.26. The molecule has 0 radical (unpaired) electrons. The van der Waals surface area contributed by atoms with Crippen LogP contribution in [0.2, 0.25) is 0 Å². The molecule has 0 aliphatic heterocycles. The lowest BCUT2D eigenvalue weighted by Crippen LogP contribution is -2.41.